The molecule has 1 aliphatic heterocycles. The molecule has 0 radical (unpaired) electrons. The molecule has 2 heterocycles. The first-order valence-corrected chi connectivity index (χ1v) is 6.41. The average molecular weight is 277 g/mol. The van der Waals surface area contributed by atoms with Gasteiger partial charge in [0.05, 0.1) is 5.56 Å². The third-order valence-electron chi connectivity index (χ3n) is 3.29. The second-order valence-corrected chi connectivity index (χ2v) is 5.60. The highest BCUT2D eigenvalue weighted by Crippen LogP contribution is 2.37. The van der Waals surface area contributed by atoms with Crippen molar-refractivity contribution in [2.75, 3.05) is 0 Å². The van der Waals surface area contributed by atoms with Crippen LogP contribution >= 0.6 is 11.6 Å². The average Bonchev–Trinajstić information content (AvgIpc) is 2.34. The summed E-state index contributed by atoms with van der Waals surface area (Å²) in [5.74, 6) is 0.713. The fraction of sp³-hybridized carbons (Fsp3) is 0.267. The Morgan fingerprint density at radius 2 is 2.00 bits per heavy atom. The van der Waals surface area contributed by atoms with Crippen molar-refractivity contribution in [2.45, 2.75) is 26.4 Å². The van der Waals surface area contributed by atoms with E-state index in [9.17, 15) is 4.79 Å². The fourth-order valence-electron chi connectivity index (χ4n) is 2.24. The number of rotatable bonds is 0. The first kappa shape index (κ1) is 12.3. The Morgan fingerprint density at radius 3 is 2.74 bits per heavy atom. The maximum absolute atomic E-state index is 11.7. The summed E-state index contributed by atoms with van der Waals surface area (Å²) in [6.45, 7) is 5.76. The summed E-state index contributed by atoms with van der Waals surface area (Å²) in [6.07, 6.45) is 3.87. The van der Waals surface area contributed by atoms with Crippen LogP contribution in [0.25, 0.3) is 17.0 Å². The van der Waals surface area contributed by atoms with E-state index in [2.05, 4.69) is 0 Å². The Labute approximate surface area is 115 Å². The molecule has 2 aromatic rings. The minimum Gasteiger partial charge on any atom is -0.483 e. The fourth-order valence-corrected chi connectivity index (χ4v) is 2.38. The number of benzene rings is 1. The molecule has 0 saturated heterocycles. The Morgan fingerprint density at radius 1 is 1.26 bits per heavy atom. The van der Waals surface area contributed by atoms with E-state index < -0.39 is 5.63 Å². The first-order chi connectivity index (χ1) is 8.89. The van der Waals surface area contributed by atoms with Crippen molar-refractivity contribution in [1.29, 1.82) is 0 Å². The Bertz CT molecular complexity index is 769. The topological polar surface area (TPSA) is 39.4 Å². The van der Waals surface area contributed by atoms with Gasteiger partial charge in [0.15, 0.2) is 0 Å². The van der Waals surface area contributed by atoms with Gasteiger partial charge in [0.25, 0.3) is 0 Å². The third kappa shape index (κ3) is 1.85. The van der Waals surface area contributed by atoms with Crippen molar-refractivity contribution in [3.05, 3.63) is 44.8 Å². The Kier molecular flexibility index (Phi) is 2.51. The van der Waals surface area contributed by atoms with Gasteiger partial charge in [-0.05, 0) is 50.6 Å². The number of ether oxygens (including phenoxy) is 1. The van der Waals surface area contributed by atoms with E-state index in [0.717, 1.165) is 16.5 Å². The van der Waals surface area contributed by atoms with Crippen LogP contribution < -0.4 is 10.4 Å². The zero-order valence-electron chi connectivity index (χ0n) is 10.9. The van der Waals surface area contributed by atoms with E-state index >= 15 is 0 Å². The summed E-state index contributed by atoms with van der Waals surface area (Å²) in [7, 11) is 0. The lowest BCUT2D eigenvalue weighted by Gasteiger charge is -2.28. The normalized spacial score (nSPS) is 16.2. The molecule has 0 spiro atoms. The van der Waals surface area contributed by atoms with E-state index in [1.54, 1.807) is 0 Å². The number of hydrogen-bond acceptors (Lipinski definition) is 3. The van der Waals surface area contributed by atoms with Crippen LogP contribution in [0.2, 0.25) is 5.02 Å². The predicted molar refractivity (Wildman–Crippen MR) is 76.0 cm³/mol. The summed E-state index contributed by atoms with van der Waals surface area (Å²) in [5.41, 5.74) is 1.17. The minimum atomic E-state index is -0.515. The summed E-state index contributed by atoms with van der Waals surface area (Å²) in [4.78, 5) is 11.7. The number of hydrogen-bond donors (Lipinski definition) is 0. The van der Waals surface area contributed by atoms with Crippen LogP contribution in [0.5, 0.6) is 5.75 Å². The van der Waals surface area contributed by atoms with Gasteiger partial charge in [-0.1, -0.05) is 11.6 Å². The highest BCUT2D eigenvalue weighted by atomic mass is 35.5. The summed E-state index contributed by atoms with van der Waals surface area (Å²) in [5, 5.41) is 0.963. The van der Waals surface area contributed by atoms with E-state index in [1.165, 1.54) is 0 Å². The molecule has 3 rings (SSSR count). The summed E-state index contributed by atoms with van der Waals surface area (Å²) in [6, 6.07) is 3.75. The molecule has 4 heteroatoms. The van der Waals surface area contributed by atoms with Crippen LogP contribution in [0.3, 0.4) is 0 Å². The van der Waals surface area contributed by atoms with Crippen LogP contribution in [0, 0.1) is 6.92 Å². The molecule has 0 aliphatic carbocycles. The molecule has 98 valence electrons. The standard InChI is InChI=1S/C15H13ClO3/c1-8-9-4-5-11-10(6-7-15(2,3)19-11)13(9)18-14(17)12(8)16/h4-7H,1-3H3. The van der Waals surface area contributed by atoms with Gasteiger partial charge in [-0.2, -0.15) is 0 Å². The molecule has 1 aliphatic rings. The zero-order valence-corrected chi connectivity index (χ0v) is 11.7. The van der Waals surface area contributed by atoms with Gasteiger partial charge in [0, 0.05) is 5.39 Å². The van der Waals surface area contributed by atoms with Gasteiger partial charge in [0.2, 0.25) is 0 Å². The van der Waals surface area contributed by atoms with Crippen molar-refractivity contribution < 1.29 is 9.15 Å². The predicted octanol–water partition coefficient (Wildman–Crippen LogP) is 3.94. The Hall–Kier alpha value is -1.74. The Balaban J connectivity index is 2.39. The van der Waals surface area contributed by atoms with Crippen LogP contribution in [-0.4, -0.2) is 5.60 Å². The monoisotopic (exact) mass is 276 g/mol. The lowest BCUT2D eigenvalue weighted by atomic mass is 9.99. The molecule has 0 bridgehead atoms. The zero-order chi connectivity index (χ0) is 13.8. The molecule has 3 nitrogen and oxygen atoms in total. The lowest BCUT2D eigenvalue weighted by Crippen LogP contribution is -2.27. The van der Waals surface area contributed by atoms with E-state index in [-0.39, 0.29) is 10.6 Å². The van der Waals surface area contributed by atoms with Crippen molar-refractivity contribution in [3.8, 4) is 5.75 Å². The molecule has 0 saturated carbocycles. The van der Waals surface area contributed by atoms with Gasteiger partial charge >= 0.3 is 5.63 Å². The molecule has 0 N–H and O–H groups in total. The minimum absolute atomic E-state index is 0.133. The molecule has 0 fully saturated rings. The highest BCUT2D eigenvalue weighted by Gasteiger charge is 2.24. The van der Waals surface area contributed by atoms with Crippen LogP contribution in [0.4, 0.5) is 0 Å². The lowest BCUT2D eigenvalue weighted by molar-refractivity contribution is 0.159. The van der Waals surface area contributed by atoms with Gasteiger partial charge in [-0.25, -0.2) is 4.79 Å². The largest absolute Gasteiger partial charge is 0.483 e. The van der Waals surface area contributed by atoms with Gasteiger partial charge in [-0.3, -0.25) is 0 Å². The molecule has 0 unspecified atom stereocenters. The molecule has 1 aromatic heterocycles. The smallest absolute Gasteiger partial charge is 0.355 e. The van der Waals surface area contributed by atoms with Gasteiger partial charge < -0.3 is 9.15 Å². The van der Waals surface area contributed by atoms with Crippen molar-refractivity contribution in [1.82, 2.24) is 0 Å². The van der Waals surface area contributed by atoms with E-state index in [0.29, 0.717) is 11.3 Å². The maximum atomic E-state index is 11.7. The summed E-state index contributed by atoms with van der Waals surface area (Å²) >= 11 is 5.93. The van der Waals surface area contributed by atoms with Gasteiger partial charge in [0.1, 0.15) is 22.0 Å². The highest BCUT2D eigenvalue weighted by molar-refractivity contribution is 6.31. The third-order valence-corrected chi connectivity index (χ3v) is 3.73. The molecule has 0 atom stereocenters. The quantitative estimate of drug-likeness (QED) is 0.684. The van der Waals surface area contributed by atoms with E-state index in [4.69, 9.17) is 20.8 Å². The van der Waals surface area contributed by atoms with Crippen molar-refractivity contribution >= 4 is 28.6 Å². The number of halogens is 1. The van der Waals surface area contributed by atoms with Crippen molar-refractivity contribution in [2.24, 2.45) is 0 Å². The molecular weight excluding hydrogens is 264 g/mol. The maximum Gasteiger partial charge on any atom is 0.355 e. The summed E-state index contributed by atoms with van der Waals surface area (Å²) < 4.78 is 11.2. The first-order valence-electron chi connectivity index (χ1n) is 6.03. The van der Waals surface area contributed by atoms with Crippen LogP contribution in [0.15, 0.2) is 27.4 Å². The molecule has 1 aromatic carbocycles. The molecule has 19 heavy (non-hydrogen) atoms. The second kappa shape index (κ2) is 3.87. The van der Waals surface area contributed by atoms with Gasteiger partial charge in [-0.15, -0.1) is 0 Å². The second-order valence-electron chi connectivity index (χ2n) is 5.22. The number of fused-ring (bicyclic) bond motifs is 3. The molecule has 0 amide bonds. The van der Waals surface area contributed by atoms with E-state index in [1.807, 2.05) is 45.1 Å². The van der Waals surface area contributed by atoms with Crippen LogP contribution in [0.1, 0.15) is 25.0 Å². The molecular formula is C15H13ClO3. The number of aryl methyl sites for hydroxylation is 1. The SMILES string of the molecule is Cc1c(Cl)c(=O)oc2c3c(ccc12)OC(C)(C)C=C3. The van der Waals surface area contributed by atoms with Crippen LogP contribution in [-0.2, 0) is 0 Å². The van der Waals surface area contributed by atoms with Crippen molar-refractivity contribution in [3.63, 3.8) is 0 Å².